The average Bonchev–Trinajstić information content (AvgIpc) is 2.20. The van der Waals surface area contributed by atoms with Gasteiger partial charge in [-0.25, -0.2) is 0 Å². The zero-order valence-corrected chi connectivity index (χ0v) is 9.71. The maximum absolute atomic E-state index is 4.21. The number of nitrogens with zero attached hydrogens (tertiary/aromatic N) is 1. The monoisotopic (exact) mass is 209 g/mol. The molecule has 0 aliphatic carbocycles. The molecule has 0 fully saturated rings. The summed E-state index contributed by atoms with van der Waals surface area (Å²) in [6.07, 6.45) is 2.41. The molecule has 0 bridgehead atoms. The SMILES string of the molecule is CN(CCS)CCCc1ccccc1. The van der Waals surface area contributed by atoms with Gasteiger partial charge in [-0.15, -0.1) is 0 Å². The minimum Gasteiger partial charge on any atom is -0.306 e. The molecule has 0 aliphatic rings. The molecule has 14 heavy (non-hydrogen) atoms. The molecule has 0 aliphatic heterocycles. The van der Waals surface area contributed by atoms with Crippen LogP contribution in [-0.2, 0) is 6.42 Å². The van der Waals surface area contributed by atoms with Gasteiger partial charge < -0.3 is 4.90 Å². The lowest BCUT2D eigenvalue weighted by Gasteiger charge is -2.14. The zero-order valence-electron chi connectivity index (χ0n) is 8.82. The molecule has 0 atom stereocenters. The smallest absolute Gasteiger partial charge is 0.00668 e. The predicted molar refractivity (Wildman–Crippen MR) is 66.1 cm³/mol. The van der Waals surface area contributed by atoms with E-state index in [4.69, 9.17) is 0 Å². The molecule has 0 saturated heterocycles. The summed E-state index contributed by atoms with van der Waals surface area (Å²) in [6, 6.07) is 10.7. The molecule has 2 heteroatoms. The minimum atomic E-state index is 0.946. The summed E-state index contributed by atoms with van der Waals surface area (Å²) in [5.41, 5.74) is 1.44. The van der Waals surface area contributed by atoms with Crippen LogP contribution in [0.3, 0.4) is 0 Å². The number of rotatable bonds is 6. The molecular weight excluding hydrogens is 190 g/mol. The van der Waals surface area contributed by atoms with Gasteiger partial charge in [-0.1, -0.05) is 30.3 Å². The van der Waals surface area contributed by atoms with Gasteiger partial charge in [-0.3, -0.25) is 0 Å². The molecule has 0 aromatic heterocycles. The highest BCUT2D eigenvalue weighted by Crippen LogP contribution is 2.02. The number of thiol groups is 1. The minimum absolute atomic E-state index is 0.946. The second-order valence-electron chi connectivity index (χ2n) is 3.62. The van der Waals surface area contributed by atoms with E-state index in [2.05, 4.69) is 54.9 Å². The van der Waals surface area contributed by atoms with Crippen molar-refractivity contribution in [2.45, 2.75) is 12.8 Å². The molecule has 0 N–H and O–H groups in total. The third-order valence-corrected chi connectivity index (χ3v) is 2.53. The second kappa shape index (κ2) is 6.91. The summed E-state index contributed by atoms with van der Waals surface area (Å²) >= 11 is 4.21. The van der Waals surface area contributed by atoms with Crippen LogP contribution in [0.2, 0.25) is 0 Å². The van der Waals surface area contributed by atoms with Crippen molar-refractivity contribution in [2.24, 2.45) is 0 Å². The third-order valence-electron chi connectivity index (χ3n) is 2.33. The second-order valence-corrected chi connectivity index (χ2v) is 4.06. The Hall–Kier alpha value is -0.470. The molecular formula is C12H19NS. The largest absolute Gasteiger partial charge is 0.306 e. The standard InChI is InChI=1S/C12H19NS/c1-13(10-11-14)9-5-8-12-6-3-2-4-7-12/h2-4,6-7,14H,5,8-11H2,1H3. The van der Waals surface area contributed by atoms with Crippen LogP contribution >= 0.6 is 12.6 Å². The molecule has 0 spiro atoms. The van der Waals surface area contributed by atoms with E-state index in [1.807, 2.05) is 0 Å². The van der Waals surface area contributed by atoms with Crippen molar-refractivity contribution < 1.29 is 0 Å². The van der Waals surface area contributed by atoms with Crippen LogP contribution in [0.5, 0.6) is 0 Å². The van der Waals surface area contributed by atoms with Crippen LogP contribution in [0, 0.1) is 0 Å². The fraction of sp³-hybridized carbons (Fsp3) is 0.500. The Morgan fingerprint density at radius 3 is 2.50 bits per heavy atom. The lowest BCUT2D eigenvalue weighted by atomic mass is 10.1. The first-order valence-corrected chi connectivity index (χ1v) is 5.79. The average molecular weight is 209 g/mol. The Kier molecular flexibility index (Phi) is 5.72. The summed E-state index contributed by atoms with van der Waals surface area (Å²) < 4.78 is 0. The highest BCUT2D eigenvalue weighted by Gasteiger charge is 1.96. The lowest BCUT2D eigenvalue weighted by molar-refractivity contribution is 0.350. The maximum Gasteiger partial charge on any atom is 0.00668 e. The molecule has 78 valence electrons. The van der Waals surface area contributed by atoms with Crippen LogP contribution in [-0.4, -0.2) is 30.8 Å². The van der Waals surface area contributed by atoms with Gasteiger partial charge in [-0.05, 0) is 32.0 Å². The highest BCUT2D eigenvalue weighted by molar-refractivity contribution is 7.80. The lowest BCUT2D eigenvalue weighted by Crippen LogP contribution is -2.22. The molecule has 1 rings (SSSR count). The van der Waals surface area contributed by atoms with Crippen LogP contribution in [0.1, 0.15) is 12.0 Å². The van der Waals surface area contributed by atoms with Crippen LogP contribution in [0.25, 0.3) is 0 Å². The van der Waals surface area contributed by atoms with Gasteiger partial charge in [0, 0.05) is 12.3 Å². The molecule has 0 unspecified atom stereocenters. The van der Waals surface area contributed by atoms with Crippen molar-refractivity contribution in [2.75, 3.05) is 25.9 Å². The molecule has 1 aromatic rings. The Morgan fingerprint density at radius 1 is 1.14 bits per heavy atom. The van der Waals surface area contributed by atoms with Gasteiger partial charge in [0.05, 0.1) is 0 Å². The highest BCUT2D eigenvalue weighted by atomic mass is 32.1. The Balaban J connectivity index is 2.16. The Labute approximate surface area is 92.5 Å². The molecule has 0 heterocycles. The zero-order chi connectivity index (χ0) is 10.2. The normalized spacial score (nSPS) is 10.8. The number of aryl methyl sites for hydroxylation is 1. The van der Waals surface area contributed by atoms with Gasteiger partial charge in [0.25, 0.3) is 0 Å². The molecule has 1 aromatic carbocycles. The number of hydrogen-bond donors (Lipinski definition) is 1. The first-order chi connectivity index (χ1) is 6.83. The first-order valence-electron chi connectivity index (χ1n) is 5.16. The molecule has 0 radical (unpaired) electrons. The van der Waals surface area contributed by atoms with E-state index in [-0.39, 0.29) is 0 Å². The van der Waals surface area contributed by atoms with Crippen molar-refractivity contribution in [1.82, 2.24) is 4.90 Å². The number of benzene rings is 1. The van der Waals surface area contributed by atoms with Crippen molar-refractivity contribution in [1.29, 1.82) is 0 Å². The van der Waals surface area contributed by atoms with E-state index in [1.54, 1.807) is 0 Å². The molecule has 0 saturated carbocycles. The Bertz CT molecular complexity index is 235. The van der Waals surface area contributed by atoms with E-state index < -0.39 is 0 Å². The molecule has 1 nitrogen and oxygen atoms in total. The summed E-state index contributed by atoms with van der Waals surface area (Å²) in [6.45, 7) is 2.24. The van der Waals surface area contributed by atoms with E-state index in [0.29, 0.717) is 0 Å². The Morgan fingerprint density at radius 2 is 1.86 bits per heavy atom. The van der Waals surface area contributed by atoms with E-state index in [9.17, 15) is 0 Å². The maximum atomic E-state index is 4.21. The van der Waals surface area contributed by atoms with Crippen molar-refractivity contribution in [3.05, 3.63) is 35.9 Å². The van der Waals surface area contributed by atoms with Gasteiger partial charge in [-0.2, -0.15) is 12.6 Å². The first kappa shape index (κ1) is 11.6. The summed E-state index contributed by atoms with van der Waals surface area (Å²) in [4.78, 5) is 2.33. The van der Waals surface area contributed by atoms with Crippen molar-refractivity contribution in [3.8, 4) is 0 Å². The van der Waals surface area contributed by atoms with Gasteiger partial charge in [0.15, 0.2) is 0 Å². The van der Waals surface area contributed by atoms with E-state index in [1.165, 1.54) is 18.4 Å². The van der Waals surface area contributed by atoms with E-state index in [0.717, 1.165) is 18.8 Å². The summed E-state index contributed by atoms with van der Waals surface area (Å²) in [5, 5.41) is 0. The fourth-order valence-corrected chi connectivity index (χ4v) is 1.82. The van der Waals surface area contributed by atoms with Gasteiger partial charge in [0.2, 0.25) is 0 Å². The van der Waals surface area contributed by atoms with Crippen molar-refractivity contribution in [3.63, 3.8) is 0 Å². The fourth-order valence-electron chi connectivity index (χ4n) is 1.48. The van der Waals surface area contributed by atoms with Crippen LogP contribution < -0.4 is 0 Å². The van der Waals surface area contributed by atoms with Crippen LogP contribution in [0.15, 0.2) is 30.3 Å². The summed E-state index contributed by atoms with van der Waals surface area (Å²) in [7, 11) is 2.15. The van der Waals surface area contributed by atoms with Crippen LogP contribution in [0.4, 0.5) is 0 Å². The quantitative estimate of drug-likeness (QED) is 0.705. The van der Waals surface area contributed by atoms with Gasteiger partial charge >= 0.3 is 0 Å². The predicted octanol–water partition coefficient (Wildman–Crippen LogP) is 2.48. The van der Waals surface area contributed by atoms with Gasteiger partial charge in [0.1, 0.15) is 0 Å². The molecule has 0 amide bonds. The summed E-state index contributed by atoms with van der Waals surface area (Å²) in [5.74, 6) is 0.946. The topological polar surface area (TPSA) is 3.24 Å². The third kappa shape index (κ3) is 4.68. The van der Waals surface area contributed by atoms with Crippen molar-refractivity contribution >= 4 is 12.6 Å². The van der Waals surface area contributed by atoms with E-state index >= 15 is 0 Å². The number of hydrogen-bond acceptors (Lipinski definition) is 2.